The molecule has 0 saturated heterocycles. The van der Waals surface area contributed by atoms with Crippen molar-refractivity contribution in [3.63, 3.8) is 0 Å². The first-order chi connectivity index (χ1) is 17.5. The largest absolute Gasteiger partial charge is 0.478 e. The van der Waals surface area contributed by atoms with Crippen LogP contribution in [0.5, 0.6) is 0 Å². The van der Waals surface area contributed by atoms with Crippen LogP contribution in [0.1, 0.15) is 37.6 Å². The molecule has 11 nitrogen and oxygen atoms in total. The summed E-state index contributed by atoms with van der Waals surface area (Å²) in [5.74, 6) is -0.719. The molecule has 0 fully saturated rings. The molecule has 182 valence electrons. The fourth-order valence-electron chi connectivity index (χ4n) is 4.22. The third-order valence-corrected chi connectivity index (χ3v) is 6.01. The van der Waals surface area contributed by atoms with Crippen molar-refractivity contribution in [3.05, 3.63) is 76.8 Å². The highest BCUT2D eigenvalue weighted by Crippen LogP contribution is 2.30. The molecule has 0 saturated carbocycles. The van der Waals surface area contributed by atoms with Gasteiger partial charge in [-0.1, -0.05) is 55.5 Å². The molecule has 2 aromatic carbocycles. The van der Waals surface area contributed by atoms with Gasteiger partial charge in [-0.25, -0.2) is 9.48 Å². The monoisotopic (exact) mass is 485 g/mol. The van der Waals surface area contributed by atoms with Crippen LogP contribution in [0.4, 0.5) is 0 Å². The minimum Gasteiger partial charge on any atom is -0.478 e. The van der Waals surface area contributed by atoms with E-state index in [4.69, 9.17) is 4.42 Å². The van der Waals surface area contributed by atoms with Crippen LogP contribution in [0.2, 0.25) is 0 Å². The maximum atomic E-state index is 12.8. The second kappa shape index (κ2) is 9.90. The average molecular weight is 486 g/mol. The molecule has 1 aliphatic rings. The number of H-pyrrole nitrogens is 1. The van der Waals surface area contributed by atoms with E-state index in [1.54, 1.807) is 0 Å². The molecule has 0 atom stereocenters. The molecule has 0 radical (unpaired) electrons. The van der Waals surface area contributed by atoms with Crippen molar-refractivity contribution >= 4 is 11.9 Å². The molecule has 0 aliphatic heterocycles. The number of aliphatic carboxylic acids is 1. The first-order valence-corrected chi connectivity index (χ1v) is 11.6. The topological polar surface area (TPSA) is 152 Å². The van der Waals surface area contributed by atoms with Crippen LogP contribution in [-0.2, 0) is 22.6 Å². The number of aromatic amines is 1. The van der Waals surface area contributed by atoms with Gasteiger partial charge in [0.25, 0.3) is 5.91 Å². The third kappa shape index (κ3) is 4.63. The van der Waals surface area contributed by atoms with E-state index in [1.807, 2.05) is 55.5 Å². The molecule has 0 unspecified atom stereocenters. The summed E-state index contributed by atoms with van der Waals surface area (Å²) in [6, 6.07) is 15.7. The van der Waals surface area contributed by atoms with Gasteiger partial charge in [-0.05, 0) is 41.2 Å². The Hall–Kier alpha value is -4.67. The Bertz CT molecular complexity index is 1510. The van der Waals surface area contributed by atoms with Gasteiger partial charge in [0.1, 0.15) is 0 Å². The van der Waals surface area contributed by atoms with E-state index < -0.39 is 11.9 Å². The molecule has 1 aliphatic carbocycles. The van der Waals surface area contributed by atoms with Crippen molar-refractivity contribution in [2.75, 3.05) is 0 Å². The number of carbonyl (C=O) groups is 2. The Balaban J connectivity index is 1.43. The van der Waals surface area contributed by atoms with Crippen LogP contribution in [0.3, 0.4) is 0 Å². The van der Waals surface area contributed by atoms with Gasteiger partial charge in [0.2, 0.25) is 11.7 Å². The number of nitrogens with zero attached hydrogens (tertiary/aromatic N) is 6. The van der Waals surface area contributed by atoms with Crippen LogP contribution < -0.4 is 5.68 Å². The van der Waals surface area contributed by atoms with Crippen molar-refractivity contribution in [3.8, 4) is 22.5 Å². The smallest absolute Gasteiger partial charge is 0.332 e. The third-order valence-electron chi connectivity index (χ3n) is 6.01. The number of hydrogen-bond donors (Lipinski definition) is 2. The van der Waals surface area contributed by atoms with Gasteiger partial charge < -0.3 is 9.52 Å². The molecular formula is C25H23N7O4. The number of benzene rings is 2. The quantitative estimate of drug-likeness (QED) is 0.405. The van der Waals surface area contributed by atoms with Crippen molar-refractivity contribution in [2.45, 2.75) is 39.2 Å². The molecule has 5 rings (SSSR count). The molecular weight excluding hydrogens is 462 g/mol. The Morgan fingerprint density at radius 1 is 1.08 bits per heavy atom. The number of tetrazole rings is 1. The van der Waals surface area contributed by atoms with E-state index in [-0.39, 0.29) is 16.8 Å². The van der Waals surface area contributed by atoms with E-state index in [9.17, 15) is 14.7 Å². The summed E-state index contributed by atoms with van der Waals surface area (Å²) in [4.78, 5) is 28.3. The standard InChI is InChI=1S/C25H23N7O4/c1-2-21-29-32(25(36-21)26-23(33)19-8-5-9-20(19)24(34)35)14-15-10-12-16(13-11-15)17-6-3-4-7-18(17)22-27-30-31-28-22/h3-4,6-7,10-13H,2,5,8-9,14H2,1H3,(H,34,35)(H,27,28,30,31). The van der Waals surface area contributed by atoms with Gasteiger partial charge in [0, 0.05) is 23.1 Å². The number of carboxylic acids is 1. The number of rotatable bonds is 7. The summed E-state index contributed by atoms with van der Waals surface area (Å²) >= 11 is 0. The fourth-order valence-corrected chi connectivity index (χ4v) is 4.22. The lowest BCUT2D eigenvalue weighted by molar-refractivity contribution is -0.133. The van der Waals surface area contributed by atoms with Crippen molar-refractivity contribution in [1.29, 1.82) is 0 Å². The highest BCUT2D eigenvalue weighted by molar-refractivity contribution is 6.03. The zero-order valence-corrected chi connectivity index (χ0v) is 19.5. The Labute approximate surface area is 205 Å². The second-order valence-electron chi connectivity index (χ2n) is 8.30. The molecule has 11 heteroatoms. The van der Waals surface area contributed by atoms with E-state index >= 15 is 0 Å². The summed E-state index contributed by atoms with van der Waals surface area (Å²) in [6.45, 7) is 2.22. The molecule has 1 amide bonds. The number of hydrogen-bond acceptors (Lipinski definition) is 7. The number of nitrogens with one attached hydrogen (secondary N) is 1. The average Bonchev–Trinajstić information content (AvgIpc) is 3.66. The van der Waals surface area contributed by atoms with Gasteiger partial charge in [-0.3, -0.25) is 4.79 Å². The minimum absolute atomic E-state index is 0.0486. The zero-order chi connectivity index (χ0) is 25.1. The predicted molar refractivity (Wildman–Crippen MR) is 127 cm³/mol. The predicted octanol–water partition coefficient (Wildman–Crippen LogP) is 2.93. The van der Waals surface area contributed by atoms with Crippen molar-refractivity contribution < 1.29 is 19.1 Å². The van der Waals surface area contributed by atoms with Crippen LogP contribution in [0.25, 0.3) is 22.5 Å². The lowest BCUT2D eigenvalue weighted by atomic mass is 9.98. The van der Waals surface area contributed by atoms with E-state index in [1.165, 1.54) is 4.68 Å². The van der Waals surface area contributed by atoms with Gasteiger partial charge >= 0.3 is 11.7 Å². The Morgan fingerprint density at radius 3 is 2.53 bits per heavy atom. The molecule has 2 heterocycles. The normalized spacial score (nSPS) is 14.0. The van der Waals surface area contributed by atoms with Crippen LogP contribution in [-0.4, -0.2) is 47.4 Å². The SMILES string of the molecule is CCc1nn(Cc2ccc(-c3ccccc3-c3nn[nH]n3)cc2)c(=NC(=O)C2=C(C(=O)O)CCC2)o1. The summed E-state index contributed by atoms with van der Waals surface area (Å²) in [6.07, 6.45) is 1.91. The summed E-state index contributed by atoms with van der Waals surface area (Å²) in [5, 5.41) is 28.1. The molecule has 4 aromatic rings. The zero-order valence-electron chi connectivity index (χ0n) is 19.5. The number of carboxylic acid groups (broad SMARTS) is 1. The van der Waals surface area contributed by atoms with Crippen LogP contribution >= 0.6 is 0 Å². The van der Waals surface area contributed by atoms with E-state index in [0.717, 1.165) is 22.3 Å². The van der Waals surface area contributed by atoms with Crippen molar-refractivity contribution in [1.82, 2.24) is 30.4 Å². The Morgan fingerprint density at radius 2 is 1.83 bits per heavy atom. The first-order valence-electron chi connectivity index (χ1n) is 11.6. The summed E-state index contributed by atoms with van der Waals surface area (Å²) < 4.78 is 7.21. The first kappa shape index (κ1) is 23.1. The van der Waals surface area contributed by atoms with Gasteiger partial charge in [0.05, 0.1) is 6.54 Å². The molecule has 0 spiro atoms. The van der Waals surface area contributed by atoms with E-state index in [0.29, 0.717) is 43.9 Å². The van der Waals surface area contributed by atoms with Gasteiger partial charge in [-0.15, -0.1) is 15.3 Å². The highest BCUT2D eigenvalue weighted by Gasteiger charge is 2.25. The molecule has 36 heavy (non-hydrogen) atoms. The summed E-state index contributed by atoms with van der Waals surface area (Å²) in [5.41, 5.74) is 4.13. The molecule has 2 aromatic heterocycles. The number of carbonyl (C=O) groups excluding carboxylic acids is 1. The summed E-state index contributed by atoms with van der Waals surface area (Å²) in [7, 11) is 0. The lowest BCUT2D eigenvalue weighted by Crippen LogP contribution is -2.21. The number of aromatic nitrogens is 6. The van der Waals surface area contributed by atoms with E-state index in [2.05, 4.69) is 30.7 Å². The Kier molecular flexibility index (Phi) is 6.35. The fraction of sp³-hybridized carbons (Fsp3) is 0.240. The molecule has 0 bridgehead atoms. The highest BCUT2D eigenvalue weighted by atomic mass is 16.4. The molecule has 2 N–H and O–H groups in total. The second-order valence-corrected chi connectivity index (χ2v) is 8.30. The van der Waals surface area contributed by atoms with Crippen LogP contribution in [0, 0.1) is 0 Å². The maximum Gasteiger partial charge on any atom is 0.332 e. The number of amides is 1. The number of aryl methyl sites for hydroxylation is 1. The van der Waals surface area contributed by atoms with Gasteiger partial charge in [-0.2, -0.15) is 10.2 Å². The van der Waals surface area contributed by atoms with Crippen molar-refractivity contribution in [2.24, 2.45) is 4.99 Å². The lowest BCUT2D eigenvalue weighted by Gasteiger charge is -2.08. The van der Waals surface area contributed by atoms with Crippen LogP contribution in [0.15, 0.2) is 69.1 Å². The maximum absolute atomic E-state index is 12.8. The minimum atomic E-state index is -1.08. The van der Waals surface area contributed by atoms with Gasteiger partial charge in [0.15, 0.2) is 0 Å².